The monoisotopic (exact) mass is 373 g/mol. The smallest absolute Gasteiger partial charge is 0.0847 e. The molecule has 2 aromatic rings. The molecule has 140 valence electrons. The first-order valence-corrected chi connectivity index (χ1v) is 9.82. The molecule has 1 aliphatic rings. The van der Waals surface area contributed by atoms with E-state index >= 15 is 0 Å². The molecular weight excluding hydrogens is 346 g/mol. The van der Waals surface area contributed by atoms with Gasteiger partial charge in [0.2, 0.25) is 0 Å². The Kier molecular flexibility index (Phi) is 7.32. The van der Waals surface area contributed by atoms with Crippen LogP contribution in [0, 0.1) is 0 Å². The van der Waals surface area contributed by atoms with Gasteiger partial charge in [-0.2, -0.15) is 0 Å². The molecule has 3 rings (SSSR count). The Morgan fingerprint density at radius 1 is 0.846 bits per heavy atom. The van der Waals surface area contributed by atoms with E-state index in [-0.39, 0.29) is 5.88 Å². The van der Waals surface area contributed by atoms with E-state index in [1.165, 1.54) is 11.1 Å². The number of hydrogen-bond donors (Lipinski definition) is 2. The van der Waals surface area contributed by atoms with Gasteiger partial charge in [-0.25, -0.2) is 0 Å². The summed E-state index contributed by atoms with van der Waals surface area (Å²) in [4.78, 5) is 5.04. The number of rotatable bonds is 8. The van der Waals surface area contributed by atoms with Crippen LogP contribution in [0.3, 0.4) is 0 Å². The predicted octanol–water partition coefficient (Wildman–Crippen LogP) is 3.02. The van der Waals surface area contributed by atoms with E-state index in [0.29, 0.717) is 6.54 Å². The summed E-state index contributed by atoms with van der Waals surface area (Å²) in [7, 11) is 0. The molecule has 4 nitrogen and oxygen atoms in total. The SMILES string of the molecule is OC(CCl)CNc1ccc(CN2CCN(Cc3ccccc3)CC2)cc1. The number of halogens is 1. The summed E-state index contributed by atoms with van der Waals surface area (Å²) in [6.07, 6.45) is -0.511. The number of aliphatic hydroxyl groups is 1. The summed E-state index contributed by atoms with van der Waals surface area (Å²) < 4.78 is 0. The fourth-order valence-electron chi connectivity index (χ4n) is 3.22. The second-order valence-corrected chi connectivity index (χ2v) is 7.23. The van der Waals surface area contributed by atoms with E-state index < -0.39 is 6.10 Å². The van der Waals surface area contributed by atoms with Crippen molar-refractivity contribution < 1.29 is 5.11 Å². The minimum Gasteiger partial charge on any atom is -0.390 e. The van der Waals surface area contributed by atoms with Crippen LogP contribution < -0.4 is 5.32 Å². The minimum atomic E-state index is -0.511. The molecule has 1 atom stereocenters. The zero-order valence-corrected chi connectivity index (χ0v) is 15.9. The van der Waals surface area contributed by atoms with Gasteiger partial charge in [0.25, 0.3) is 0 Å². The molecule has 1 saturated heterocycles. The molecule has 1 unspecified atom stereocenters. The quantitative estimate of drug-likeness (QED) is 0.698. The fraction of sp³-hybridized carbons (Fsp3) is 0.429. The molecule has 2 N–H and O–H groups in total. The van der Waals surface area contributed by atoms with Crippen LogP contribution in [-0.2, 0) is 13.1 Å². The highest BCUT2D eigenvalue weighted by atomic mass is 35.5. The van der Waals surface area contributed by atoms with Gasteiger partial charge in [0.15, 0.2) is 0 Å². The molecule has 0 radical (unpaired) electrons. The highest BCUT2D eigenvalue weighted by Crippen LogP contribution is 2.14. The maximum atomic E-state index is 9.50. The van der Waals surface area contributed by atoms with Crippen LogP contribution in [0.15, 0.2) is 54.6 Å². The fourth-order valence-corrected chi connectivity index (χ4v) is 3.33. The van der Waals surface area contributed by atoms with E-state index in [1.807, 2.05) is 0 Å². The predicted molar refractivity (Wildman–Crippen MR) is 109 cm³/mol. The zero-order valence-electron chi connectivity index (χ0n) is 15.1. The average Bonchev–Trinajstić information content (AvgIpc) is 2.69. The summed E-state index contributed by atoms with van der Waals surface area (Å²) in [5.41, 5.74) is 3.74. The lowest BCUT2D eigenvalue weighted by Crippen LogP contribution is -2.45. The van der Waals surface area contributed by atoms with Gasteiger partial charge in [0.1, 0.15) is 0 Å². The summed E-state index contributed by atoms with van der Waals surface area (Å²) in [6.45, 7) is 6.96. The first-order valence-electron chi connectivity index (χ1n) is 9.28. The highest BCUT2D eigenvalue weighted by molar-refractivity contribution is 6.18. The topological polar surface area (TPSA) is 38.7 Å². The molecular formula is C21H28ClN3O. The van der Waals surface area contributed by atoms with Crippen LogP contribution in [0.1, 0.15) is 11.1 Å². The first kappa shape index (κ1) is 19.2. The Hall–Kier alpha value is -1.59. The maximum Gasteiger partial charge on any atom is 0.0847 e. The number of nitrogens with one attached hydrogen (secondary N) is 1. The molecule has 0 bridgehead atoms. The number of hydrogen-bond acceptors (Lipinski definition) is 4. The van der Waals surface area contributed by atoms with Crippen molar-refractivity contribution >= 4 is 17.3 Å². The third kappa shape index (κ3) is 5.99. The van der Waals surface area contributed by atoms with E-state index in [2.05, 4.69) is 69.7 Å². The van der Waals surface area contributed by atoms with E-state index in [9.17, 15) is 5.11 Å². The van der Waals surface area contributed by atoms with Gasteiger partial charge in [-0.15, -0.1) is 11.6 Å². The molecule has 0 spiro atoms. The molecule has 0 saturated carbocycles. The van der Waals surface area contributed by atoms with Gasteiger partial charge in [-0.3, -0.25) is 9.80 Å². The van der Waals surface area contributed by atoms with Crippen LogP contribution in [0.4, 0.5) is 5.69 Å². The molecule has 0 aliphatic carbocycles. The number of aliphatic hydroxyl groups excluding tert-OH is 1. The van der Waals surface area contributed by atoms with Gasteiger partial charge >= 0.3 is 0 Å². The lowest BCUT2D eigenvalue weighted by Gasteiger charge is -2.34. The number of piperazine rings is 1. The maximum absolute atomic E-state index is 9.50. The van der Waals surface area contributed by atoms with Crippen LogP contribution in [-0.4, -0.2) is 59.6 Å². The van der Waals surface area contributed by atoms with E-state index in [4.69, 9.17) is 11.6 Å². The van der Waals surface area contributed by atoms with Crippen LogP contribution in [0.25, 0.3) is 0 Å². The normalized spacial score (nSPS) is 17.2. The third-order valence-electron chi connectivity index (χ3n) is 4.79. The Labute approximate surface area is 161 Å². The molecule has 0 amide bonds. The van der Waals surface area contributed by atoms with Crippen LogP contribution in [0.5, 0.6) is 0 Å². The summed E-state index contributed by atoms with van der Waals surface area (Å²) in [5, 5.41) is 12.7. The molecule has 2 aromatic carbocycles. The van der Waals surface area contributed by atoms with Crippen molar-refractivity contribution in [2.24, 2.45) is 0 Å². The molecule has 5 heteroatoms. The molecule has 0 aromatic heterocycles. The number of anilines is 1. The number of nitrogens with zero attached hydrogens (tertiary/aromatic N) is 2. The van der Waals surface area contributed by atoms with Gasteiger partial charge in [0, 0.05) is 51.5 Å². The molecule has 26 heavy (non-hydrogen) atoms. The second kappa shape index (κ2) is 9.93. The van der Waals surface area contributed by atoms with Crippen molar-refractivity contribution in [2.45, 2.75) is 19.2 Å². The second-order valence-electron chi connectivity index (χ2n) is 6.92. The Balaban J connectivity index is 1.41. The largest absolute Gasteiger partial charge is 0.390 e. The third-order valence-corrected chi connectivity index (χ3v) is 5.15. The molecule has 1 aliphatic heterocycles. The van der Waals surface area contributed by atoms with Crippen molar-refractivity contribution in [3.63, 3.8) is 0 Å². The van der Waals surface area contributed by atoms with Gasteiger partial charge in [0.05, 0.1) is 12.0 Å². The van der Waals surface area contributed by atoms with Crippen molar-refractivity contribution in [1.82, 2.24) is 9.80 Å². The summed E-state index contributed by atoms with van der Waals surface area (Å²) in [5.74, 6) is 0.251. The van der Waals surface area contributed by atoms with Crippen LogP contribution >= 0.6 is 11.6 Å². The van der Waals surface area contributed by atoms with Crippen molar-refractivity contribution in [1.29, 1.82) is 0 Å². The Morgan fingerprint density at radius 2 is 1.38 bits per heavy atom. The summed E-state index contributed by atoms with van der Waals surface area (Å²) in [6, 6.07) is 19.2. The van der Waals surface area contributed by atoms with Gasteiger partial charge in [-0.05, 0) is 23.3 Å². The highest BCUT2D eigenvalue weighted by Gasteiger charge is 2.17. The molecule has 1 fully saturated rings. The van der Waals surface area contributed by atoms with Crippen molar-refractivity contribution in [3.05, 3.63) is 65.7 Å². The Bertz CT molecular complexity index is 642. The minimum absolute atomic E-state index is 0.251. The van der Waals surface area contributed by atoms with Crippen molar-refractivity contribution in [3.8, 4) is 0 Å². The number of alkyl halides is 1. The summed E-state index contributed by atoms with van der Waals surface area (Å²) >= 11 is 5.61. The Morgan fingerprint density at radius 3 is 1.92 bits per heavy atom. The van der Waals surface area contributed by atoms with Crippen LogP contribution in [0.2, 0.25) is 0 Å². The van der Waals surface area contributed by atoms with Gasteiger partial charge in [-0.1, -0.05) is 42.5 Å². The van der Waals surface area contributed by atoms with Gasteiger partial charge < -0.3 is 10.4 Å². The molecule has 1 heterocycles. The standard InChI is InChI=1S/C21H28ClN3O/c22-14-21(26)15-23-20-8-6-19(7-9-20)17-25-12-10-24(11-13-25)16-18-4-2-1-3-5-18/h1-9,21,23,26H,10-17H2. The zero-order chi connectivity index (χ0) is 18.2. The average molecular weight is 374 g/mol. The van der Waals surface area contributed by atoms with Crippen molar-refractivity contribution in [2.75, 3.05) is 43.9 Å². The van der Waals surface area contributed by atoms with E-state index in [1.54, 1.807) is 0 Å². The first-order chi connectivity index (χ1) is 12.7. The lowest BCUT2D eigenvalue weighted by molar-refractivity contribution is 0.122. The number of benzene rings is 2. The lowest BCUT2D eigenvalue weighted by atomic mass is 10.1. The van der Waals surface area contributed by atoms with E-state index in [0.717, 1.165) is 45.0 Å².